The second kappa shape index (κ2) is 7.58. The molecule has 1 heterocycles. The molecule has 0 saturated carbocycles. The molecule has 0 aliphatic rings. The third kappa shape index (κ3) is 3.70. The first-order chi connectivity index (χ1) is 12.5. The van der Waals surface area contributed by atoms with Crippen LogP contribution in [0.2, 0.25) is 5.02 Å². The second-order valence-electron chi connectivity index (χ2n) is 5.82. The number of fused-ring (bicyclic) bond motifs is 1. The molecule has 7 heteroatoms. The highest BCUT2D eigenvalue weighted by atomic mass is 35.5. The van der Waals surface area contributed by atoms with E-state index >= 15 is 0 Å². The normalized spacial score (nSPS) is 10.7. The Balaban J connectivity index is 1.77. The standard InChI is InChI=1S/C19H18ClN3O3/c1-23-16-7-6-13(20)11-15(16)18(24)17(22-23)19(25)21-9-8-12-4-3-5-14(10-12)26-2/h3-7,10-11H,8-9H2,1-2H3,(H,21,25). The zero-order valence-electron chi connectivity index (χ0n) is 14.5. The van der Waals surface area contributed by atoms with Gasteiger partial charge in [0.1, 0.15) is 5.75 Å². The molecule has 1 amide bonds. The molecule has 3 rings (SSSR count). The van der Waals surface area contributed by atoms with Crippen LogP contribution in [0.3, 0.4) is 0 Å². The number of nitrogens with zero attached hydrogens (tertiary/aromatic N) is 2. The first-order valence-electron chi connectivity index (χ1n) is 8.07. The summed E-state index contributed by atoms with van der Waals surface area (Å²) in [6, 6.07) is 12.5. The summed E-state index contributed by atoms with van der Waals surface area (Å²) in [4.78, 5) is 25.0. The van der Waals surface area contributed by atoms with E-state index in [1.165, 1.54) is 4.68 Å². The van der Waals surface area contributed by atoms with Gasteiger partial charge in [0.15, 0.2) is 5.69 Å². The molecule has 0 aliphatic heterocycles. The number of hydrogen-bond acceptors (Lipinski definition) is 4. The molecule has 134 valence electrons. The van der Waals surface area contributed by atoms with Crippen molar-refractivity contribution < 1.29 is 9.53 Å². The van der Waals surface area contributed by atoms with E-state index < -0.39 is 11.3 Å². The molecular formula is C19H18ClN3O3. The highest BCUT2D eigenvalue weighted by Crippen LogP contribution is 2.16. The number of benzene rings is 2. The Bertz CT molecular complexity index is 1030. The fraction of sp³-hybridized carbons (Fsp3) is 0.211. The van der Waals surface area contributed by atoms with Crippen molar-refractivity contribution in [1.29, 1.82) is 0 Å². The largest absolute Gasteiger partial charge is 0.497 e. The monoisotopic (exact) mass is 371 g/mol. The number of amides is 1. The van der Waals surface area contributed by atoms with Crippen molar-refractivity contribution in [1.82, 2.24) is 15.1 Å². The van der Waals surface area contributed by atoms with Crippen LogP contribution in [0.15, 0.2) is 47.3 Å². The molecule has 1 aromatic heterocycles. The number of hydrogen-bond donors (Lipinski definition) is 1. The van der Waals surface area contributed by atoms with Gasteiger partial charge in [-0.1, -0.05) is 23.7 Å². The van der Waals surface area contributed by atoms with Crippen molar-refractivity contribution in [3.63, 3.8) is 0 Å². The van der Waals surface area contributed by atoms with E-state index in [1.54, 1.807) is 32.4 Å². The Hall–Kier alpha value is -2.86. The smallest absolute Gasteiger partial charge is 0.275 e. The molecule has 0 bridgehead atoms. The summed E-state index contributed by atoms with van der Waals surface area (Å²) in [5.41, 5.74) is 1.07. The van der Waals surface area contributed by atoms with Crippen LogP contribution in [0.5, 0.6) is 5.75 Å². The minimum absolute atomic E-state index is 0.145. The summed E-state index contributed by atoms with van der Waals surface area (Å²) < 4.78 is 6.68. The molecule has 0 aliphatic carbocycles. The third-order valence-corrected chi connectivity index (χ3v) is 4.30. The Morgan fingerprint density at radius 1 is 1.27 bits per heavy atom. The number of halogens is 1. The lowest BCUT2D eigenvalue weighted by Crippen LogP contribution is -2.33. The topological polar surface area (TPSA) is 73.2 Å². The average Bonchev–Trinajstić information content (AvgIpc) is 2.64. The van der Waals surface area contributed by atoms with E-state index in [0.29, 0.717) is 28.9 Å². The molecule has 0 atom stereocenters. The van der Waals surface area contributed by atoms with Gasteiger partial charge in [0.05, 0.1) is 18.0 Å². The molecule has 0 spiro atoms. The molecule has 0 saturated heterocycles. The summed E-state index contributed by atoms with van der Waals surface area (Å²) in [7, 11) is 3.29. The number of nitrogens with one attached hydrogen (secondary N) is 1. The highest BCUT2D eigenvalue weighted by Gasteiger charge is 2.16. The van der Waals surface area contributed by atoms with E-state index in [4.69, 9.17) is 16.3 Å². The maximum atomic E-state index is 12.6. The van der Waals surface area contributed by atoms with Crippen molar-refractivity contribution in [2.45, 2.75) is 6.42 Å². The van der Waals surface area contributed by atoms with Crippen LogP contribution in [0, 0.1) is 0 Å². The van der Waals surface area contributed by atoms with Crippen LogP contribution in [-0.4, -0.2) is 29.3 Å². The summed E-state index contributed by atoms with van der Waals surface area (Å²) in [5, 5.41) is 7.66. The van der Waals surface area contributed by atoms with E-state index in [1.807, 2.05) is 24.3 Å². The number of methoxy groups -OCH3 is 1. The maximum Gasteiger partial charge on any atom is 0.275 e. The number of rotatable bonds is 5. The van der Waals surface area contributed by atoms with Crippen molar-refractivity contribution in [2.24, 2.45) is 7.05 Å². The minimum atomic E-state index is -0.504. The molecule has 26 heavy (non-hydrogen) atoms. The summed E-state index contributed by atoms with van der Waals surface area (Å²) >= 11 is 5.97. The van der Waals surface area contributed by atoms with Crippen molar-refractivity contribution in [3.05, 3.63) is 69.0 Å². The molecule has 0 unspecified atom stereocenters. The summed E-state index contributed by atoms with van der Waals surface area (Å²) in [5.74, 6) is 0.256. The minimum Gasteiger partial charge on any atom is -0.497 e. The highest BCUT2D eigenvalue weighted by molar-refractivity contribution is 6.31. The fourth-order valence-electron chi connectivity index (χ4n) is 2.73. The third-order valence-electron chi connectivity index (χ3n) is 4.07. The Kier molecular flexibility index (Phi) is 5.23. The van der Waals surface area contributed by atoms with Crippen molar-refractivity contribution in [2.75, 3.05) is 13.7 Å². The molecule has 0 fully saturated rings. The molecule has 0 radical (unpaired) electrons. The SMILES string of the molecule is COc1cccc(CCNC(=O)c2nn(C)c3ccc(Cl)cc3c2=O)c1. The average molecular weight is 372 g/mol. The van der Waals surface area contributed by atoms with Gasteiger partial charge in [0.2, 0.25) is 5.43 Å². The second-order valence-corrected chi connectivity index (χ2v) is 6.26. The number of carbonyl (C=O) groups is 1. The van der Waals surface area contributed by atoms with E-state index in [2.05, 4.69) is 10.4 Å². The van der Waals surface area contributed by atoms with E-state index in [9.17, 15) is 9.59 Å². The molecular weight excluding hydrogens is 354 g/mol. The lowest BCUT2D eigenvalue weighted by molar-refractivity contribution is 0.0946. The lowest BCUT2D eigenvalue weighted by atomic mass is 10.1. The van der Waals surface area contributed by atoms with Gasteiger partial charge in [-0.05, 0) is 42.3 Å². The van der Waals surface area contributed by atoms with Crippen LogP contribution in [0.25, 0.3) is 10.9 Å². The Labute approximate surface area is 155 Å². The van der Waals surface area contributed by atoms with Crippen molar-refractivity contribution >= 4 is 28.4 Å². The maximum absolute atomic E-state index is 12.6. The first-order valence-corrected chi connectivity index (χ1v) is 8.45. The van der Waals surface area contributed by atoms with Gasteiger partial charge >= 0.3 is 0 Å². The van der Waals surface area contributed by atoms with Crippen LogP contribution in [0.1, 0.15) is 16.1 Å². The van der Waals surface area contributed by atoms with E-state index in [-0.39, 0.29) is 5.69 Å². The van der Waals surface area contributed by atoms with Gasteiger partial charge in [-0.15, -0.1) is 0 Å². The lowest BCUT2D eigenvalue weighted by Gasteiger charge is -2.09. The molecule has 2 aromatic carbocycles. The molecule has 1 N–H and O–H groups in total. The Morgan fingerprint density at radius 3 is 2.85 bits per heavy atom. The van der Waals surface area contributed by atoms with Crippen LogP contribution >= 0.6 is 11.6 Å². The predicted octanol–water partition coefficient (Wildman–Crippen LogP) is 2.57. The fourth-order valence-corrected chi connectivity index (χ4v) is 2.90. The van der Waals surface area contributed by atoms with Crippen LogP contribution in [-0.2, 0) is 13.5 Å². The summed E-state index contributed by atoms with van der Waals surface area (Å²) in [6.07, 6.45) is 0.614. The number of carbonyl (C=O) groups excluding carboxylic acids is 1. The summed E-state index contributed by atoms with van der Waals surface area (Å²) in [6.45, 7) is 0.379. The van der Waals surface area contributed by atoms with Gasteiger partial charge in [-0.25, -0.2) is 0 Å². The Morgan fingerprint density at radius 2 is 2.08 bits per heavy atom. The zero-order chi connectivity index (χ0) is 18.7. The van der Waals surface area contributed by atoms with Crippen molar-refractivity contribution in [3.8, 4) is 5.75 Å². The molecule has 3 aromatic rings. The van der Waals surface area contributed by atoms with Gasteiger partial charge in [0, 0.05) is 18.6 Å². The van der Waals surface area contributed by atoms with Gasteiger partial charge in [-0.3, -0.25) is 14.3 Å². The van der Waals surface area contributed by atoms with E-state index in [0.717, 1.165) is 11.3 Å². The number of aromatic nitrogens is 2. The first kappa shape index (κ1) is 17.9. The van der Waals surface area contributed by atoms with Crippen LogP contribution < -0.4 is 15.5 Å². The van der Waals surface area contributed by atoms with Crippen LogP contribution in [0.4, 0.5) is 0 Å². The molecule has 6 nitrogen and oxygen atoms in total. The predicted molar refractivity (Wildman–Crippen MR) is 101 cm³/mol. The zero-order valence-corrected chi connectivity index (χ0v) is 15.2. The quantitative estimate of drug-likeness (QED) is 0.748. The van der Waals surface area contributed by atoms with Gasteiger partial charge in [0.25, 0.3) is 5.91 Å². The van der Waals surface area contributed by atoms with Gasteiger partial charge < -0.3 is 10.1 Å². The van der Waals surface area contributed by atoms with Gasteiger partial charge in [-0.2, -0.15) is 5.10 Å². The number of ether oxygens (including phenoxy) is 1. The number of aryl methyl sites for hydroxylation is 1.